The summed E-state index contributed by atoms with van der Waals surface area (Å²) in [5.74, 6) is 0.803. The Labute approximate surface area is 191 Å². The molecular formula is C26H17F3N2OS. The Morgan fingerprint density at radius 2 is 1.73 bits per heavy atom. The second-order valence-electron chi connectivity index (χ2n) is 7.58. The van der Waals surface area contributed by atoms with Gasteiger partial charge in [-0.15, -0.1) is 11.3 Å². The van der Waals surface area contributed by atoms with Gasteiger partial charge in [-0.3, -0.25) is 4.99 Å². The number of aliphatic imine (C=N–C) groups is 1. The van der Waals surface area contributed by atoms with Gasteiger partial charge in [0.05, 0.1) is 27.7 Å². The Hall–Kier alpha value is -3.71. The third-order valence-corrected chi connectivity index (χ3v) is 6.18. The summed E-state index contributed by atoms with van der Waals surface area (Å²) in [4.78, 5) is 9.13. The molecule has 0 fully saturated rings. The molecule has 0 saturated heterocycles. The van der Waals surface area contributed by atoms with Crippen molar-refractivity contribution in [1.82, 2.24) is 4.98 Å². The number of rotatable bonds is 4. The number of furan rings is 1. The Balaban J connectivity index is 1.32. The van der Waals surface area contributed by atoms with Crippen LogP contribution in [0.4, 0.5) is 18.9 Å². The molecule has 3 aromatic carbocycles. The first-order valence-electron chi connectivity index (χ1n) is 10.1. The SMILES string of the molecule is Cc1ccc2sc(-c3ccc(N=Cc4ccc(-c5cccc(C(F)(F)F)c5)o4)cc3)nc2c1. The quantitative estimate of drug-likeness (QED) is 0.252. The Morgan fingerprint density at radius 1 is 0.909 bits per heavy atom. The van der Waals surface area contributed by atoms with Gasteiger partial charge in [0, 0.05) is 11.1 Å². The average molecular weight is 462 g/mol. The third kappa shape index (κ3) is 4.59. The molecule has 7 heteroatoms. The van der Waals surface area contributed by atoms with Gasteiger partial charge in [-0.05, 0) is 73.2 Å². The molecule has 0 aliphatic heterocycles. The Kier molecular flexibility index (Phi) is 5.34. The molecule has 0 bridgehead atoms. The Morgan fingerprint density at radius 3 is 2.52 bits per heavy atom. The maximum absolute atomic E-state index is 12.9. The summed E-state index contributed by atoms with van der Waals surface area (Å²) in [7, 11) is 0. The van der Waals surface area contributed by atoms with Crippen LogP contribution in [0.5, 0.6) is 0 Å². The highest BCUT2D eigenvalue weighted by Gasteiger charge is 2.30. The summed E-state index contributed by atoms with van der Waals surface area (Å²) in [5, 5.41) is 0.947. The van der Waals surface area contributed by atoms with Crippen LogP contribution in [0.1, 0.15) is 16.9 Å². The highest BCUT2D eigenvalue weighted by atomic mass is 32.1. The van der Waals surface area contributed by atoms with Crippen LogP contribution in [0.2, 0.25) is 0 Å². The largest absolute Gasteiger partial charge is 0.455 e. The predicted molar refractivity (Wildman–Crippen MR) is 126 cm³/mol. The number of aryl methyl sites for hydroxylation is 1. The number of nitrogens with zero attached hydrogens (tertiary/aromatic N) is 2. The lowest BCUT2D eigenvalue weighted by Gasteiger charge is -2.07. The highest BCUT2D eigenvalue weighted by molar-refractivity contribution is 7.21. The normalized spacial score (nSPS) is 12.1. The summed E-state index contributed by atoms with van der Waals surface area (Å²) < 4.78 is 45.7. The van der Waals surface area contributed by atoms with Crippen molar-refractivity contribution in [2.24, 2.45) is 4.99 Å². The van der Waals surface area contributed by atoms with Crippen LogP contribution in [-0.4, -0.2) is 11.2 Å². The number of thiazole rings is 1. The maximum atomic E-state index is 12.9. The van der Waals surface area contributed by atoms with Crippen LogP contribution in [0.25, 0.3) is 32.1 Å². The summed E-state index contributed by atoms with van der Waals surface area (Å²) in [6.07, 6.45) is -2.85. The van der Waals surface area contributed by atoms with Crippen LogP contribution in [0.3, 0.4) is 0 Å². The predicted octanol–water partition coefficient (Wildman–Crippen LogP) is 8.30. The second kappa shape index (κ2) is 8.33. The van der Waals surface area contributed by atoms with Crippen LogP contribution >= 0.6 is 11.3 Å². The first-order chi connectivity index (χ1) is 15.8. The fourth-order valence-electron chi connectivity index (χ4n) is 3.42. The number of hydrogen-bond acceptors (Lipinski definition) is 4. The van der Waals surface area contributed by atoms with E-state index in [1.165, 1.54) is 11.6 Å². The van der Waals surface area contributed by atoms with Crippen molar-refractivity contribution >= 4 is 33.5 Å². The van der Waals surface area contributed by atoms with Gasteiger partial charge in [0.15, 0.2) is 0 Å². The van der Waals surface area contributed by atoms with Crippen molar-refractivity contribution < 1.29 is 17.6 Å². The highest BCUT2D eigenvalue weighted by Crippen LogP contribution is 2.33. The maximum Gasteiger partial charge on any atom is 0.416 e. The van der Waals surface area contributed by atoms with E-state index in [4.69, 9.17) is 9.40 Å². The molecule has 2 heterocycles. The summed E-state index contributed by atoms with van der Waals surface area (Å²) >= 11 is 1.64. The van der Waals surface area contributed by atoms with Crippen LogP contribution in [0, 0.1) is 6.92 Å². The van der Waals surface area contributed by atoms with Crippen LogP contribution in [0.15, 0.2) is 88.3 Å². The van der Waals surface area contributed by atoms with Crippen molar-refractivity contribution in [3.63, 3.8) is 0 Å². The number of halogens is 3. The summed E-state index contributed by atoms with van der Waals surface area (Å²) in [6.45, 7) is 2.05. The van der Waals surface area contributed by atoms with Crippen molar-refractivity contribution in [3.05, 3.63) is 95.7 Å². The molecule has 0 unspecified atom stereocenters. The zero-order valence-corrected chi connectivity index (χ0v) is 18.2. The molecule has 164 valence electrons. The monoisotopic (exact) mass is 462 g/mol. The lowest BCUT2D eigenvalue weighted by molar-refractivity contribution is -0.137. The summed E-state index contributed by atoms with van der Waals surface area (Å²) in [5.41, 5.74) is 3.56. The molecule has 2 aromatic heterocycles. The smallest absolute Gasteiger partial charge is 0.416 e. The number of alkyl halides is 3. The molecule has 5 rings (SSSR count). The van der Waals surface area contributed by atoms with E-state index in [-0.39, 0.29) is 0 Å². The molecule has 0 aliphatic carbocycles. The van der Waals surface area contributed by atoms with Crippen molar-refractivity contribution in [2.75, 3.05) is 0 Å². The van der Waals surface area contributed by atoms with E-state index in [0.717, 1.165) is 38.6 Å². The van der Waals surface area contributed by atoms with E-state index in [0.29, 0.717) is 17.1 Å². The molecule has 3 nitrogen and oxygen atoms in total. The third-order valence-electron chi connectivity index (χ3n) is 5.10. The van der Waals surface area contributed by atoms with Crippen LogP contribution in [-0.2, 0) is 6.18 Å². The zero-order valence-electron chi connectivity index (χ0n) is 17.4. The number of hydrogen-bond donors (Lipinski definition) is 0. The van der Waals surface area contributed by atoms with Crippen molar-refractivity contribution in [2.45, 2.75) is 13.1 Å². The molecule has 0 atom stereocenters. The lowest BCUT2D eigenvalue weighted by Crippen LogP contribution is -2.04. The van der Waals surface area contributed by atoms with Gasteiger partial charge in [-0.25, -0.2) is 4.98 Å². The zero-order chi connectivity index (χ0) is 23.0. The van der Waals surface area contributed by atoms with E-state index < -0.39 is 11.7 Å². The molecule has 0 saturated carbocycles. The molecule has 33 heavy (non-hydrogen) atoms. The first kappa shape index (κ1) is 21.2. The molecule has 0 amide bonds. The fraction of sp³-hybridized carbons (Fsp3) is 0.0769. The molecule has 0 radical (unpaired) electrons. The first-order valence-corrected chi connectivity index (χ1v) is 11.0. The van der Waals surface area contributed by atoms with E-state index in [9.17, 15) is 13.2 Å². The van der Waals surface area contributed by atoms with Crippen LogP contribution < -0.4 is 0 Å². The van der Waals surface area contributed by atoms with Gasteiger partial charge in [-0.2, -0.15) is 13.2 Å². The molecular weight excluding hydrogens is 445 g/mol. The van der Waals surface area contributed by atoms with Gasteiger partial charge >= 0.3 is 6.18 Å². The minimum Gasteiger partial charge on any atom is -0.455 e. The molecule has 0 N–H and O–H groups in total. The fourth-order valence-corrected chi connectivity index (χ4v) is 4.37. The van der Waals surface area contributed by atoms with Gasteiger partial charge in [-0.1, -0.05) is 18.2 Å². The van der Waals surface area contributed by atoms with E-state index in [1.54, 1.807) is 35.8 Å². The van der Waals surface area contributed by atoms with E-state index in [2.05, 4.69) is 23.2 Å². The van der Waals surface area contributed by atoms with Crippen molar-refractivity contribution in [1.29, 1.82) is 0 Å². The molecule has 0 aliphatic rings. The molecule has 5 aromatic rings. The Bertz CT molecular complexity index is 1460. The van der Waals surface area contributed by atoms with Crippen molar-refractivity contribution in [3.8, 4) is 21.9 Å². The standard InChI is InChI=1S/C26H17F3N2OS/c1-16-5-12-24-22(13-16)31-25(33-24)17-6-8-20(9-7-17)30-15-21-10-11-23(32-21)18-3-2-4-19(14-18)26(27,28)29/h2-15H,1H3. The van der Waals surface area contributed by atoms with Gasteiger partial charge in [0.25, 0.3) is 0 Å². The van der Waals surface area contributed by atoms with Gasteiger partial charge in [0.2, 0.25) is 0 Å². The second-order valence-corrected chi connectivity index (χ2v) is 8.61. The van der Waals surface area contributed by atoms with Gasteiger partial charge < -0.3 is 4.42 Å². The number of aromatic nitrogens is 1. The molecule has 0 spiro atoms. The minimum absolute atomic E-state index is 0.351. The topological polar surface area (TPSA) is 38.4 Å². The average Bonchev–Trinajstić information content (AvgIpc) is 3.44. The van der Waals surface area contributed by atoms with E-state index in [1.807, 2.05) is 31.2 Å². The van der Waals surface area contributed by atoms with E-state index >= 15 is 0 Å². The number of fused-ring (bicyclic) bond motifs is 1. The minimum atomic E-state index is -4.40. The summed E-state index contributed by atoms with van der Waals surface area (Å²) in [6, 6.07) is 22.3. The lowest BCUT2D eigenvalue weighted by atomic mass is 10.1. The number of benzene rings is 3. The van der Waals surface area contributed by atoms with Gasteiger partial charge in [0.1, 0.15) is 16.5 Å².